The number of anilines is 1. The molecule has 3 N–H and O–H groups in total. The van der Waals surface area contributed by atoms with Crippen LogP contribution in [0.25, 0.3) is 11.3 Å². The van der Waals surface area contributed by atoms with Crippen molar-refractivity contribution in [1.29, 1.82) is 0 Å². The minimum absolute atomic E-state index is 0.0739. The van der Waals surface area contributed by atoms with Gasteiger partial charge in [0.15, 0.2) is 0 Å². The summed E-state index contributed by atoms with van der Waals surface area (Å²) in [6.07, 6.45) is 3.48. The molecule has 1 aliphatic rings. The molecule has 2 rings (SSSR count). The van der Waals surface area contributed by atoms with E-state index in [2.05, 4.69) is 13.5 Å². The molecule has 2 nitrogen and oxygen atoms in total. The molecule has 2 heteroatoms. The van der Waals surface area contributed by atoms with Gasteiger partial charge in [0, 0.05) is 11.3 Å². The monoisotopic (exact) mass is 215 g/mol. The average Bonchev–Trinajstić information content (AvgIpc) is 2.63. The summed E-state index contributed by atoms with van der Waals surface area (Å²) in [5, 5.41) is 9.42. The van der Waals surface area contributed by atoms with E-state index in [9.17, 15) is 5.11 Å². The summed E-state index contributed by atoms with van der Waals surface area (Å²) in [5.74, 6) is 0.0739. The number of benzene rings is 1. The number of nitrogens with two attached hydrogens (primary N) is 1. The highest BCUT2D eigenvalue weighted by atomic mass is 16.3. The lowest BCUT2D eigenvalue weighted by Crippen LogP contribution is -1.93. The van der Waals surface area contributed by atoms with Crippen LogP contribution in [0.15, 0.2) is 30.4 Å². The van der Waals surface area contributed by atoms with Gasteiger partial charge in [-0.15, -0.1) is 0 Å². The SMILES string of the molecule is C=C(O)c1cc(N)cc(C2=C(C)CCC2)c1. The van der Waals surface area contributed by atoms with Crippen LogP contribution in [0.1, 0.15) is 37.3 Å². The maximum Gasteiger partial charge on any atom is 0.115 e. The van der Waals surface area contributed by atoms with Crippen LogP contribution in [0.2, 0.25) is 0 Å². The molecule has 1 aromatic rings. The Bertz CT molecular complexity index is 472. The van der Waals surface area contributed by atoms with Crippen molar-refractivity contribution in [2.45, 2.75) is 26.2 Å². The molecule has 0 fully saturated rings. The highest BCUT2D eigenvalue weighted by Crippen LogP contribution is 2.35. The molecule has 0 heterocycles. The largest absolute Gasteiger partial charge is 0.508 e. The van der Waals surface area contributed by atoms with E-state index in [0.717, 1.165) is 12.0 Å². The predicted molar refractivity (Wildman–Crippen MR) is 69.0 cm³/mol. The van der Waals surface area contributed by atoms with E-state index < -0.39 is 0 Å². The van der Waals surface area contributed by atoms with Gasteiger partial charge in [-0.3, -0.25) is 0 Å². The van der Waals surface area contributed by atoms with E-state index in [-0.39, 0.29) is 5.76 Å². The van der Waals surface area contributed by atoms with Crippen molar-refractivity contribution in [3.63, 3.8) is 0 Å². The van der Waals surface area contributed by atoms with Crippen molar-refractivity contribution in [2.24, 2.45) is 0 Å². The van der Waals surface area contributed by atoms with Gasteiger partial charge in [-0.05, 0) is 55.5 Å². The van der Waals surface area contributed by atoms with Crippen molar-refractivity contribution in [3.8, 4) is 0 Å². The fourth-order valence-electron chi connectivity index (χ4n) is 2.28. The summed E-state index contributed by atoms with van der Waals surface area (Å²) >= 11 is 0. The van der Waals surface area contributed by atoms with Gasteiger partial charge in [0.2, 0.25) is 0 Å². The smallest absolute Gasteiger partial charge is 0.115 e. The number of allylic oxidation sites excluding steroid dienone is 2. The van der Waals surface area contributed by atoms with Crippen molar-refractivity contribution < 1.29 is 5.11 Å². The molecular formula is C14H17NO. The normalized spacial score (nSPS) is 15.6. The van der Waals surface area contributed by atoms with Crippen LogP contribution in [0.5, 0.6) is 0 Å². The molecule has 84 valence electrons. The molecule has 0 amide bonds. The summed E-state index contributed by atoms with van der Waals surface area (Å²) in [6, 6.07) is 5.68. The highest BCUT2D eigenvalue weighted by molar-refractivity contribution is 5.75. The molecule has 0 unspecified atom stereocenters. The van der Waals surface area contributed by atoms with E-state index in [1.807, 2.05) is 12.1 Å². The number of hydrogen-bond acceptors (Lipinski definition) is 2. The van der Waals surface area contributed by atoms with Crippen LogP contribution >= 0.6 is 0 Å². The lowest BCUT2D eigenvalue weighted by molar-refractivity contribution is 0.514. The van der Waals surface area contributed by atoms with Crippen molar-refractivity contribution in [1.82, 2.24) is 0 Å². The zero-order chi connectivity index (χ0) is 11.7. The molecule has 0 atom stereocenters. The van der Waals surface area contributed by atoms with E-state index in [1.54, 1.807) is 6.07 Å². The third kappa shape index (κ3) is 1.96. The maximum atomic E-state index is 9.42. The number of rotatable bonds is 2. The van der Waals surface area contributed by atoms with Gasteiger partial charge in [0.1, 0.15) is 5.76 Å². The van der Waals surface area contributed by atoms with Gasteiger partial charge in [-0.2, -0.15) is 0 Å². The molecule has 0 saturated carbocycles. The number of nitrogen functional groups attached to an aromatic ring is 1. The Morgan fingerprint density at radius 3 is 2.62 bits per heavy atom. The van der Waals surface area contributed by atoms with E-state index >= 15 is 0 Å². The molecule has 0 spiro atoms. The van der Waals surface area contributed by atoms with Gasteiger partial charge in [-0.25, -0.2) is 0 Å². The first kappa shape index (κ1) is 10.8. The van der Waals surface area contributed by atoms with Crippen LogP contribution in [0.4, 0.5) is 5.69 Å². The fraction of sp³-hybridized carbons (Fsp3) is 0.286. The Morgan fingerprint density at radius 2 is 2.06 bits per heavy atom. The van der Waals surface area contributed by atoms with E-state index in [1.165, 1.54) is 24.0 Å². The third-order valence-corrected chi connectivity index (χ3v) is 3.13. The van der Waals surface area contributed by atoms with Crippen LogP contribution in [0.3, 0.4) is 0 Å². The van der Waals surface area contributed by atoms with Crippen molar-refractivity contribution in [2.75, 3.05) is 5.73 Å². The molecule has 1 aromatic carbocycles. The van der Waals surface area contributed by atoms with Gasteiger partial charge in [0.25, 0.3) is 0 Å². The molecule has 0 saturated heterocycles. The minimum atomic E-state index is 0.0739. The summed E-state index contributed by atoms with van der Waals surface area (Å²) in [5.41, 5.74) is 11.1. The lowest BCUT2D eigenvalue weighted by Gasteiger charge is -2.09. The van der Waals surface area contributed by atoms with Crippen LogP contribution in [-0.2, 0) is 0 Å². The second kappa shape index (κ2) is 4.05. The zero-order valence-corrected chi connectivity index (χ0v) is 9.59. The lowest BCUT2D eigenvalue weighted by atomic mass is 9.99. The zero-order valence-electron chi connectivity index (χ0n) is 9.59. The second-order valence-corrected chi connectivity index (χ2v) is 4.40. The average molecular weight is 215 g/mol. The van der Waals surface area contributed by atoms with Crippen molar-refractivity contribution in [3.05, 3.63) is 41.5 Å². The molecule has 1 aliphatic carbocycles. The van der Waals surface area contributed by atoms with Gasteiger partial charge >= 0.3 is 0 Å². The Balaban J connectivity index is 2.49. The summed E-state index contributed by atoms with van der Waals surface area (Å²) < 4.78 is 0. The van der Waals surface area contributed by atoms with E-state index in [0.29, 0.717) is 11.3 Å². The van der Waals surface area contributed by atoms with E-state index in [4.69, 9.17) is 5.73 Å². The minimum Gasteiger partial charge on any atom is -0.508 e. The summed E-state index contributed by atoms with van der Waals surface area (Å²) in [4.78, 5) is 0. The highest BCUT2D eigenvalue weighted by Gasteiger charge is 2.14. The fourth-order valence-corrected chi connectivity index (χ4v) is 2.28. The molecule has 0 radical (unpaired) electrons. The number of aliphatic hydroxyl groups is 1. The Hall–Kier alpha value is -1.70. The van der Waals surface area contributed by atoms with Gasteiger partial charge in [-0.1, -0.05) is 12.2 Å². The first-order valence-corrected chi connectivity index (χ1v) is 5.55. The maximum absolute atomic E-state index is 9.42. The molecule has 16 heavy (non-hydrogen) atoms. The third-order valence-electron chi connectivity index (χ3n) is 3.13. The molecule has 0 aromatic heterocycles. The van der Waals surface area contributed by atoms with Crippen molar-refractivity contribution >= 4 is 17.0 Å². The quantitative estimate of drug-likeness (QED) is 0.583. The Kier molecular flexibility index (Phi) is 2.73. The molecule has 0 aliphatic heterocycles. The predicted octanol–water partition coefficient (Wildman–Crippen LogP) is 3.75. The van der Waals surface area contributed by atoms with Crippen LogP contribution in [0, 0.1) is 0 Å². The number of aliphatic hydroxyl groups excluding tert-OH is 1. The summed E-state index contributed by atoms with van der Waals surface area (Å²) in [7, 11) is 0. The number of hydrogen-bond donors (Lipinski definition) is 2. The van der Waals surface area contributed by atoms with Gasteiger partial charge < -0.3 is 10.8 Å². The molecular weight excluding hydrogens is 198 g/mol. The standard InChI is InChI=1S/C14H17NO/c1-9-4-3-5-14(9)12-6-11(10(2)16)7-13(15)8-12/h6-8,16H,2-5,15H2,1H3. The van der Waals surface area contributed by atoms with Crippen LogP contribution < -0.4 is 5.73 Å². The molecule has 0 bridgehead atoms. The second-order valence-electron chi connectivity index (χ2n) is 4.40. The first-order chi connectivity index (χ1) is 7.58. The Morgan fingerprint density at radius 1 is 1.31 bits per heavy atom. The van der Waals surface area contributed by atoms with Crippen LogP contribution in [-0.4, -0.2) is 5.11 Å². The Labute approximate surface area is 96.1 Å². The summed E-state index contributed by atoms with van der Waals surface area (Å²) in [6.45, 7) is 5.70. The van der Waals surface area contributed by atoms with Gasteiger partial charge in [0.05, 0.1) is 0 Å². The first-order valence-electron chi connectivity index (χ1n) is 5.55. The topological polar surface area (TPSA) is 46.2 Å².